The maximum atomic E-state index is 11.1. The molecule has 0 radical (unpaired) electrons. The first-order valence-corrected chi connectivity index (χ1v) is 6.38. The highest BCUT2D eigenvalue weighted by molar-refractivity contribution is 5.95. The summed E-state index contributed by atoms with van der Waals surface area (Å²) in [5, 5.41) is 10.2. The van der Waals surface area contributed by atoms with Gasteiger partial charge in [-0.1, -0.05) is 6.07 Å². The molecule has 0 amide bonds. The van der Waals surface area contributed by atoms with Crippen LogP contribution in [0, 0.1) is 13.8 Å². The predicted molar refractivity (Wildman–Crippen MR) is 74.9 cm³/mol. The first-order valence-electron chi connectivity index (χ1n) is 6.38. The van der Waals surface area contributed by atoms with E-state index in [2.05, 4.69) is 18.4 Å². The molecule has 0 bridgehead atoms. The maximum absolute atomic E-state index is 11.1. The van der Waals surface area contributed by atoms with Gasteiger partial charge in [-0.3, -0.25) is 0 Å². The third-order valence-corrected chi connectivity index (χ3v) is 3.62. The van der Waals surface area contributed by atoms with Gasteiger partial charge in [0.05, 0.1) is 5.56 Å². The van der Waals surface area contributed by atoms with E-state index in [4.69, 9.17) is 9.84 Å². The first-order chi connectivity index (χ1) is 9.06. The molecule has 1 N–H and O–H groups in total. The molecule has 0 saturated carbocycles. The Hall–Kier alpha value is -1.81. The molecule has 1 aromatic carbocycles. The highest BCUT2D eigenvalue weighted by Crippen LogP contribution is 2.26. The van der Waals surface area contributed by atoms with Crippen molar-refractivity contribution in [1.29, 1.82) is 0 Å². The van der Waals surface area contributed by atoms with E-state index in [0.717, 1.165) is 23.9 Å². The number of carboxylic acids is 1. The number of methoxy groups -OCH3 is 1. The highest BCUT2D eigenvalue weighted by atomic mass is 16.5. The summed E-state index contributed by atoms with van der Waals surface area (Å²) in [4.78, 5) is 11.1. The number of benzene rings is 1. The second-order valence-corrected chi connectivity index (χ2v) is 4.75. The lowest BCUT2D eigenvalue weighted by molar-refractivity contribution is 0.0697. The fourth-order valence-electron chi connectivity index (χ4n) is 2.44. The number of carboxylic acid groups (broad SMARTS) is 1. The van der Waals surface area contributed by atoms with Crippen LogP contribution in [0.2, 0.25) is 0 Å². The number of aromatic carboxylic acids is 1. The molecule has 0 atom stereocenters. The Morgan fingerprint density at radius 1 is 1.37 bits per heavy atom. The van der Waals surface area contributed by atoms with Crippen LogP contribution in [0.15, 0.2) is 18.2 Å². The molecule has 0 aliphatic heterocycles. The van der Waals surface area contributed by atoms with Crippen LogP contribution in [-0.2, 0) is 11.3 Å². The van der Waals surface area contributed by atoms with Gasteiger partial charge in [-0.25, -0.2) is 4.79 Å². The van der Waals surface area contributed by atoms with Crippen LogP contribution >= 0.6 is 0 Å². The SMILES string of the molecule is COCCCn1c(C)c(C)c2ccc(C(=O)O)cc21. The minimum Gasteiger partial charge on any atom is -0.478 e. The van der Waals surface area contributed by atoms with E-state index in [-0.39, 0.29) is 0 Å². The summed E-state index contributed by atoms with van der Waals surface area (Å²) in [7, 11) is 1.69. The number of ether oxygens (including phenoxy) is 1. The van der Waals surface area contributed by atoms with Gasteiger partial charge in [0.2, 0.25) is 0 Å². The number of nitrogens with zero attached hydrogens (tertiary/aromatic N) is 1. The number of fused-ring (bicyclic) bond motifs is 1. The van der Waals surface area contributed by atoms with Crippen LogP contribution in [0.5, 0.6) is 0 Å². The predicted octanol–water partition coefficient (Wildman–Crippen LogP) is 2.99. The molecule has 2 aromatic rings. The third kappa shape index (κ3) is 2.49. The fraction of sp³-hybridized carbons (Fsp3) is 0.400. The Bertz CT molecular complexity index is 613. The Morgan fingerprint density at radius 2 is 2.11 bits per heavy atom. The maximum Gasteiger partial charge on any atom is 0.335 e. The number of aryl methyl sites for hydroxylation is 2. The van der Waals surface area contributed by atoms with E-state index < -0.39 is 5.97 Å². The van der Waals surface area contributed by atoms with Crippen LogP contribution in [0.1, 0.15) is 28.0 Å². The zero-order valence-electron chi connectivity index (χ0n) is 11.6. The number of carbonyl (C=O) groups is 1. The van der Waals surface area contributed by atoms with Gasteiger partial charge in [-0.05, 0) is 38.0 Å². The van der Waals surface area contributed by atoms with Crippen LogP contribution in [0.3, 0.4) is 0 Å². The van der Waals surface area contributed by atoms with E-state index >= 15 is 0 Å². The van der Waals surface area contributed by atoms with E-state index in [1.807, 2.05) is 6.07 Å². The van der Waals surface area contributed by atoms with E-state index in [9.17, 15) is 4.79 Å². The molecule has 0 saturated heterocycles. The van der Waals surface area contributed by atoms with Crippen LogP contribution < -0.4 is 0 Å². The molecule has 0 fully saturated rings. The molecule has 1 aromatic heterocycles. The van der Waals surface area contributed by atoms with Crippen molar-refractivity contribution in [3.63, 3.8) is 0 Å². The molecule has 4 heteroatoms. The Balaban J connectivity index is 2.50. The Labute approximate surface area is 112 Å². The van der Waals surface area contributed by atoms with Gasteiger partial charge in [-0.2, -0.15) is 0 Å². The fourth-order valence-corrected chi connectivity index (χ4v) is 2.44. The number of aromatic nitrogens is 1. The van der Waals surface area contributed by atoms with E-state index in [0.29, 0.717) is 12.2 Å². The van der Waals surface area contributed by atoms with Crippen molar-refractivity contribution in [2.45, 2.75) is 26.8 Å². The first kappa shape index (κ1) is 13.6. The molecule has 0 aliphatic rings. The summed E-state index contributed by atoms with van der Waals surface area (Å²) < 4.78 is 7.25. The summed E-state index contributed by atoms with van der Waals surface area (Å²) in [5.41, 5.74) is 3.72. The molecule has 0 aliphatic carbocycles. The van der Waals surface area contributed by atoms with Crippen molar-refractivity contribution in [3.05, 3.63) is 35.0 Å². The molecule has 1 heterocycles. The van der Waals surface area contributed by atoms with E-state index in [1.165, 1.54) is 11.3 Å². The molecule has 2 rings (SSSR count). The van der Waals surface area contributed by atoms with Crippen LogP contribution in [-0.4, -0.2) is 29.4 Å². The van der Waals surface area contributed by atoms with Crippen LogP contribution in [0.4, 0.5) is 0 Å². The lowest BCUT2D eigenvalue weighted by Gasteiger charge is -2.08. The van der Waals surface area contributed by atoms with Crippen molar-refractivity contribution >= 4 is 16.9 Å². The van der Waals surface area contributed by atoms with Crippen LogP contribution in [0.25, 0.3) is 10.9 Å². The Kier molecular flexibility index (Phi) is 3.90. The topological polar surface area (TPSA) is 51.5 Å². The van der Waals surface area contributed by atoms with Crippen molar-refractivity contribution < 1.29 is 14.6 Å². The van der Waals surface area contributed by atoms with E-state index in [1.54, 1.807) is 19.2 Å². The lowest BCUT2D eigenvalue weighted by Crippen LogP contribution is -2.04. The summed E-state index contributed by atoms with van der Waals surface area (Å²) >= 11 is 0. The molecule has 102 valence electrons. The zero-order chi connectivity index (χ0) is 14.0. The lowest BCUT2D eigenvalue weighted by atomic mass is 10.1. The van der Waals surface area contributed by atoms with Gasteiger partial charge in [0.25, 0.3) is 0 Å². The summed E-state index contributed by atoms with van der Waals surface area (Å²) in [5.74, 6) is -0.887. The number of hydrogen-bond donors (Lipinski definition) is 1. The van der Waals surface area contributed by atoms with Crippen molar-refractivity contribution in [2.75, 3.05) is 13.7 Å². The standard InChI is InChI=1S/C15H19NO3/c1-10-11(2)16(7-4-8-19-3)14-9-12(15(17)18)5-6-13(10)14/h5-6,9H,4,7-8H2,1-3H3,(H,17,18). The van der Waals surface area contributed by atoms with Gasteiger partial charge >= 0.3 is 5.97 Å². The largest absolute Gasteiger partial charge is 0.478 e. The summed E-state index contributed by atoms with van der Waals surface area (Å²) in [6.07, 6.45) is 0.915. The van der Waals surface area contributed by atoms with Gasteiger partial charge in [0.1, 0.15) is 0 Å². The zero-order valence-corrected chi connectivity index (χ0v) is 11.6. The molecule has 0 unspecified atom stereocenters. The normalized spacial score (nSPS) is 11.1. The minimum atomic E-state index is -0.887. The minimum absolute atomic E-state index is 0.331. The summed E-state index contributed by atoms with van der Waals surface area (Å²) in [6, 6.07) is 5.31. The van der Waals surface area contributed by atoms with Crippen molar-refractivity contribution in [3.8, 4) is 0 Å². The smallest absolute Gasteiger partial charge is 0.335 e. The van der Waals surface area contributed by atoms with Crippen molar-refractivity contribution in [2.24, 2.45) is 0 Å². The van der Waals surface area contributed by atoms with Gasteiger partial charge in [0.15, 0.2) is 0 Å². The highest BCUT2D eigenvalue weighted by Gasteiger charge is 2.13. The van der Waals surface area contributed by atoms with Gasteiger partial charge < -0.3 is 14.4 Å². The average Bonchev–Trinajstić information content (AvgIpc) is 2.63. The molecule has 4 nitrogen and oxygen atoms in total. The second-order valence-electron chi connectivity index (χ2n) is 4.75. The monoisotopic (exact) mass is 261 g/mol. The number of hydrogen-bond acceptors (Lipinski definition) is 2. The molecular formula is C15H19NO3. The van der Waals surface area contributed by atoms with Crippen molar-refractivity contribution in [1.82, 2.24) is 4.57 Å². The molecule has 19 heavy (non-hydrogen) atoms. The van der Waals surface area contributed by atoms with Gasteiger partial charge in [0, 0.05) is 36.9 Å². The third-order valence-electron chi connectivity index (χ3n) is 3.62. The molecule has 0 spiro atoms. The Morgan fingerprint density at radius 3 is 2.74 bits per heavy atom. The average molecular weight is 261 g/mol. The summed E-state index contributed by atoms with van der Waals surface area (Å²) in [6.45, 7) is 5.69. The van der Waals surface area contributed by atoms with Gasteiger partial charge in [-0.15, -0.1) is 0 Å². The number of rotatable bonds is 5. The quantitative estimate of drug-likeness (QED) is 0.842. The second kappa shape index (κ2) is 5.45. The molecular weight excluding hydrogens is 242 g/mol.